The summed E-state index contributed by atoms with van der Waals surface area (Å²) in [6, 6.07) is 7.70. The molecule has 7 heteroatoms. The number of nitrogens with zero attached hydrogens (tertiary/aromatic N) is 1. The van der Waals surface area contributed by atoms with Gasteiger partial charge in [0, 0.05) is 24.6 Å². The van der Waals surface area contributed by atoms with Crippen LogP contribution in [0.25, 0.3) is 11.1 Å². The van der Waals surface area contributed by atoms with Crippen LogP contribution in [-0.4, -0.2) is 36.5 Å². The summed E-state index contributed by atoms with van der Waals surface area (Å²) in [5, 5.41) is 9.42. The number of carboxylic acid groups (broad SMARTS) is 1. The number of ether oxygens (including phenoxy) is 2. The Labute approximate surface area is 143 Å². The van der Waals surface area contributed by atoms with E-state index in [-0.39, 0.29) is 5.82 Å². The number of methoxy groups -OCH3 is 1. The van der Waals surface area contributed by atoms with Gasteiger partial charge in [-0.3, -0.25) is 4.90 Å². The van der Waals surface area contributed by atoms with Crippen molar-refractivity contribution in [1.29, 1.82) is 0 Å². The Bertz CT molecular complexity index is 811. The highest BCUT2D eigenvalue weighted by Gasteiger charge is 2.31. The monoisotopic (exact) mass is 351 g/mol. The fourth-order valence-electron chi connectivity index (χ4n) is 2.70. The van der Waals surface area contributed by atoms with Crippen LogP contribution in [0, 0.1) is 5.82 Å². The molecular formula is C17H15ClFNO4. The second-order valence-corrected chi connectivity index (χ2v) is 5.87. The van der Waals surface area contributed by atoms with E-state index in [2.05, 4.69) is 0 Å². The van der Waals surface area contributed by atoms with Crippen LogP contribution in [0.15, 0.2) is 30.3 Å². The zero-order valence-corrected chi connectivity index (χ0v) is 13.8. The second kappa shape index (κ2) is 6.20. The number of carbonyl (C=O) groups is 1. The van der Waals surface area contributed by atoms with E-state index in [1.54, 1.807) is 12.1 Å². The molecule has 0 aliphatic carbocycles. The minimum atomic E-state index is -1.09. The molecule has 1 heterocycles. The molecule has 0 saturated carbocycles. The van der Waals surface area contributed by atoms with Gasteiger partial charge in [0.2, 0.25) is 0 Å². The van der Waals surface area contributed by atoms with Gasteiger partial charge >= 0.3 is 6.09 Å². The highest BCUT2D eigenvalue weighted by atomic mass is 35.5. The molecule has 0 spiro atoms. The Morgan fingerprint density at radius 2 is 2.17 bits per heavy atom. The highest BCUT2D eigenvalue weighted by molar-refractivity contribution is 6.32. The summed E-state index contributed by atoms with van der Waals surface area (Å²) < 4.78 is 24.5. The van der Waals surface area contributed by atoms with Gasteiger partial charge < -0.3 is 14.6 Å². The fraction of sp³-hybridized carbons (Fsp3) is 0.235. The maximum Gasteiger partial charge on any atom is 0.409 e. The maximum absolute atomic E-state index is 13.6. The number of hydrogen-bond acceptors (Lipinski definition) is 3. The van der Waals surface area contributed by atoms with Gasteiger partial charge in [0.25, 0.3) is 0 Å². The van der Waals surface area contributed by atoms with Crippen LogP contribution in [0.5, 0.6) is 11.5 Å². The molecule has 24 heavy (non-hydrogen) atoms. The molecule has 0 radical (unpaired) electrons. The van der Waals surface area contributed by atoms with Gasteiger partial charge in [0.15, 0.2) is 6.23 Å². The van der Waals surface area contributed by atoms with Crippen LogP contribution < -0.4 is 9.47 Å². The summed E-state index contributed by atoms with van der Waals surface area (Å²) in [7, 11) is 2.94. The Morgan fingerprint density at radius 1 is 1.42 bits per heavy atom. The van der Waals surface area contributed by atoms with E-state index in [0.717, 1.165) is 10.5 Å². The van der Waals surface area contributed by atoms with Crippen LogP contribution in [0.4, 0.5) is 9.18 Å². The first-order valence-corrected chi connectivity index (χ1v) is 7.57. The fourth-order valence-corrected chi connectivity index (χ4v) is 2.98. The average Bonchev–Trinajstić information content (AvgIpc) is 2.98. The first kappa shape index (κ1) is 16.4. The van der Waals surface area contributed by atoms with E-state index in [9.17, 15) is 9.18 Å². The molecule has 1 N–H and O–H groups in total. The van der Waals surface area contributed by atoms with E-state index in [0.29, 0.717) is 34.1 Å². The number of likely N-dealkylation sites (N-methyl/N-ethyl adjacent to an activating group) is 1. The molecule has 1 unspecified atom stereocenters. The Morgan fingerprint density at radius 3 is 2.83 bits per heavy atom. The third-order valence-electron chi connectivity index (χ3n) is 3.98. The molecule has 0 fully saturated rings. The van der Waals surface area contributed by atoms with Crippen molar-refractivity contribution in [2.24, 2.45) is 0 Å². The normalized spacial score (nSPS) is 15.6. The Kier molecular flexibility index (Phi) is 4.24. The molecule has 0 saturated heterocycles. The average molecular weight is 352 g/mol. The lowest BCUT2D eigenvalue weighted by atomic mass is 10.0. The van der Waals surface area contributed by atoms with E-state index in [1.165, 1.54) is 26.3 Å². The zero-order chi connectivity index (χ0) is 17.4. The summed E-state index contributed by atoms with van der Waals surface area (Å²) in [5.41, 5.74) is 2.01. The van der Waals surface area contributed by atoms with Crippen LogP contribution >= 0.6 is 11.6 Å². The van der Waals surface area contributed by atoms with E-state index < -0.39 is 12.3 Å². The Hall–Kier alpha value is -2.47. The van der Waals surface area contributed by atoms with Crippen molar-refractivity contribution < 1.29 is 23.8 Å². The smallest absolute Gasteiger partial charge is 0.409 e. The molecule has 1 aliphatic heterocycles. The van der Waals surface area contributed by atoms with Crippen LogP contribution in [0.1, 0.15) is 5.56 Å². The maximum atomic E-state index is 13.6. The number of halogens is 2. The minimum Gasteiger partial charge on any atom is -0.496 e. The summed E-state index contributed by atoms with van der Waals surface area (Å²) in [6.07, 6.45) is -1.36. The number of amides is 1. The van der Waals surface area contributed by atoms with Gasteiger partial charge in [-0.15, -0.1) is 0 Å². The lowest BCUT2D eigenvalue weighted by Crippen LogP contribution is -2.38. The summed E-state index contributed by atoms with van der Waals surface area (Å²) in [6.45, 7) is 0. The molecule has 0 bridgehead atoms. The SMILES string of the molecule is COc1ccc(F)cc1-c1cc(Cl)c2c(c1)CC(N(C)C(=O)O)O2. The predicted octanol–water partition coefficient (Wildman–Crippen LogP) is 4.03. The van der Waals surface area contributed by atoms with Gasteiger partial charge in [0.05, 0.1) is 12.1 Å². The molecule has 2 aromatic rings. The topological polar surface area (TPSA) is 59.0 Å². The van der Waals surface area contributed by atoms with Crippen molar-refractivity contribution in [3.05, 3.63) is 46.7 Å². The van der Waals surface area contributed by atoms with E-state index in [4.69, 9.17) is 26.2 Å². The first-order chi connectivity index (χ1) is 11.4. The van der Waals surface area contributed by atoms with Crippen molar-refractivity contribution in [2.45, 2.75) is 12.6 Å². The molecule has 1 aliphatic rings. The van der Waals surface area contributed by atoms with Crippen molar-refractivity contribution in [2.75, 3.05) is 14.2 Å². The molecule has 126 valence electrons. The quantitative estimate of drug-likeness (QED) is 0.907. The first-order valence-electron chi connectivity index (χ1n) is 7.19. The van der Waals surface area contributed by atoms with Gasteiger partial charge in [-0.1, -0.05) is 11.6 Å². The highest BCUT2D eigenvalue weighted by Crippen LogP contribution is 2.42. The van der Waals surface area contributed by atoms with Crippen LogP contribution in [0.3, 0.4) is 0 Å². The van der Waals surface area contributed by atoms with Crippen molar-refractivity contribution >= 4 is 17.7 Å². The Balaban J connectivity index is 2.02. The van der Waals surface area contributed by atoms with Crippen LogP contribution in [-0.2, 0) is 6.42 Å². The molecule has 5 nitrogen and oxygen atoms in total. The van der Waals surface area contributed by atoms with Gasteiger partial charge in [-0.2, -0.15) is 0 Å². The minimum absolute atomic E-state index is 0.343. The molecule has 1 atom stereocenters. The molecule has 3 rings (SSSR count). The van der Waals surface area contributed by atoms with E-state index >= 15 is 0 Å². The third kappa shape index (κ3) is 2.85. The number of rotatable bonds is 3. The second-order valence-electron chi connectivity index (χ2n) is 5.46. The van der Waals surface area contributed by atoms with Gasteiger partial charge in [0.1, 0.15) is 17.3 Å². The standard InChI is InChI=1S/C17H15ClFNO4/c1-20(17(21)22)15-7-10-5-9(6-13(18)16(10)24-15)12-8-11(19)3-4-14(12)23-2/h3-6,8,15H,7H2,1-2H3,(H,21,22). The summed E-state index contributed by atoms with van der Waals surface area (Å²) >= 11 is 6.28. The zero-order valence-electron chi connectivity index (χ0n) is 13.0. The largest absolute Gasteiger partial charge is 0.496 e. The van der Waals surface area contributed by atoms with Crippen molar-refractivity contribution in [1.82, 2.24) is 4.90 Å². The van der Waals surface area contributed by atoms with Crippen molar-refractivity contribution in [3.63, 3.8) is 0 Å². The van der Waals surface area contributed by atoms with Crippen molar-refractivity contribution in [3.8, 4) is 22.6 Å². The number of hydrogen-bond donors (Lipinski definition) is 1. The lowest BCUT2D eigenvalue weighted by molar-refractivity contribution is 0.0608. The number of benzene rings is 2. The molecule has 2 aromatic carbocycles. The summed E-state index contributed by atoms with van der Waals surface area (Å²) in [5.74, 6) is 0.585. The molecule has 1 amide bonds. The molecule has 0 aromatic heterocycles. The third-order valence-corrected chi connectivity index (χ3v) is 4.26. The van der Waals surface area contributed by atoms with Gasteiger partial charge in [-0.05, 0) is 35.9 Å². The predicted molar refractivity (Wildman–Crippen MR) is 87.3 cm³/mol. The summed E-state index contributed by atoms with van der Waals surface area (Å²) in [4.78, 5) is 12.2. The molecular weight excluding hydrogens is 337 g/mol. The van der Waals surface area contributed by atoms with Crippen LogP contribution in [0.2, 0.25) is 5.02 Å². The number of fused-ring (bicyclic) bond motifs is 1. The van der Waals surface area contributed by atoms with E-state index in [1.807, 2.05) is 6.07 Å². The van der Waals surface area contributed by atoms with Gasteiger partial charge in [-0.25, -0.2) is 9.18 Å². The lowest BCUT2D eigenvalue weighted by Gasteiger charge is -2.20.